The van der Waals surface area contributed by atoms with Crippen molar-refractivity contribution in [1.82, 2.24) is 15.6 Å². The summed E-state index contributed by atoms with van der Waals surface area (Å²) in [5.74, 6) is -2.04. The predicted molar refractivity (Wildman–Crippen MR) is 72.6 cm³/mol. The maximum Gasteiger partial charge on any atom is 0.420 e. The molecule has 0 fully saturated rings. The van der Waals surface area contributed by atoms with E-state index in [1.165, 1.54) is 4.83 Å². The number of sulfonamides is 1. The second-order valence-corrected chi connectivity index (χ2v) is 6.59. The Morgan fingerprint density at radius 1 is 1.08 bits per heavy atom. The number of benzene rings is 1. The van der Waals surface area contributed by atoms with Gasteiger partial charge in [0.2, 0.25) is 5.54 Å². The monoisotopic (exact) mass is 395 g/mol. The minimum atomic E-state index is -5.75. The summed E-state index contributed by atoms with van der Waals surface area (Å²) in [6.45, 7) is 2.68. The summed E-state index contributed by atoms with van der Waals surface area (Å²) in [5, 5.41) is 1.05. The topological polar surface area (TPSA) is 70.2 Å². The van der Waals surface area contributed by atoms with Gasteiger partial charge in [0.05, 0.1) is 4.90 Å². The third kappa shape index (κ3) is 4.75. The third-order valence-corrected chi connectivity index (χ3v) is 4.22. The third-order valence-electron chi connectivity index (χ3n) is 2.98. The number of alkyl halides is 6. The highest BCUT2D eigenvalue weighted by atomic mass is 32.2. The molecule has 1 rings (SSSR count). The Kier molecular flexibility index (Phi) is 5.64. The van der Waals surface area contributed by atoms with Crippen molar-refractivity contribution in [3.8, 4) is 0 Å². The van der Waals surface area contributed by atoms with Gasteiger partial charge in [-0.2, -0.15) is 26.3 Å². The van der Waals surface area contributed by atoms with E-state index in [2.05, 4.69) is 6.58 Å². The molecule has 1 aromatic carbocycles. The van der Waals surface area contributed by atoms with Crippen molar-refractivity contribution in [2.45, 2.75) is 29.7 Å². The molecule has 0 unspecified atom stereocenters. The van der Waals surface area contributed by atoms with E-state index in [4.69, 9.17) is 0 Å². The van der Waals surface area contributed by atoms with Gasteiger partial charge in [0, 0.05) is 0 Å². The number of halogens is 7. The van der Waals surface area contributed by atoms with Crippen LogP contribution in [0.1, 0.15) is 6.92 Å². The van der Waals surface area contributed by atoms with Gasteiger partial charge in [-0.15, -0.1) is 4.83 Å². The average Bonchev–Trinajstić information content (AvgIpc) is 2.43. The van der Waals surface area contributed by atoms with Gasteiger partial charge >= 0.3 is 12.4 Å². The Balaban J connectivity index is 2.89. The van der Waals surface area contributed by atoms with Crippen LogP contribution in [-0.2, 0) is 10.0 Å². The van der Waals surface area contributed by atoms with Crippen LogP contribution >= 0.6 is 0 Å². The predicted octanol–water partition coefficient (Wildman–Crippen LogP) is 2.55. The molecule has 0 aliphatic heterocycles. The van der Waals surface area contributed by atoms with E-state index in [0.29, 0.717) is 6.07 Å². The molecule has 5 nitrogen and oxygen atoms in total. The maximum atomic E-state index is 13.0. The summed E-state index contributed by atoms with van der Waals surface area (Å²) in [6.07, 6.45) is -11.5. The highest BCUT2D eigenvalue weighted by Gasteiger charge is 2.68. The molecule has 0 saturated carbocycles. The second-order valence-electron chi connectivity index (χ2n) is 4.91. The van der Waals surface area contributed by atoms with E-state index in [0.717, 1.165) is 23.5 Å². The lowest BCUT2D eigenvalue weighted by atomic mass is 10.0. The van der Waals surface area contributed by atoms with Crippen LogP contribution in [0.5, 0.6) is 0 Å². The lowest BCUT2D eigenvalue weighted by molar-refractivity contribution is -0.299. The molecule has 0 aliphatic rings. The van der Waals surface area contributed by atoms with Crippen LogP contribution < -0.4 is 15.6 Å². The van der Waals surface area contributed by atoms with E-state index in [1.807, 2.05) is 0 Å². The van der Waals surface area contributed by atoms with Crippen LogP contribution in [0.25, 0.3) is 0 Å². The van der Waals surface area contributed by atoms with Crippen LogP contribution in [-0.4, -0.2) is 26.3 Å². The number of hydrogen-bond acceptors (Lipinski definition) is 4. The molecule has 13 heteroatoms. The summed E-state index contributed by atoms with van der Waals surface area (Å²) in [5.41, 5.74) is -2.81. The molecule has 0 atom stereocenters. The molecule has 0 aliphatic carbocycles. The first-order valence-electron chi connectivity index (χ1n) is 6.24. The maximum absolute atomic E-state index is 13.0. The minimum absolute atomic E-state index is 0.180. The number of rotatable bonds is 6. The Morgan fingerprint density at radius 3 is 2.04 bits per heavy atom. The Morgan fingerprint density at radius 2 is 1.60 bits per heavy atom. The summed E-state index contributed by atoms with van der Waals surface area (Å²) in [7, 11) is -4.47. The smallest absolute Gasteiger partial charge is 0.350 e. The van der Waals surface area contributed by atoms with E-state index >= 15 is 0 Å². The highest BCUT2D eigenvalue weighted by Crippen LogP contribution is 2.42. The summed E-state index contributed by atoms with van der Waals surface area (Å²) in [4.78, 5) is 0.878. The lowest BCUT2D eigenvalue weighted by Crippen LogP contribution is -2.65. The molecule has 1 aromatic rings. The lowest BCUT2D eigenvalue weighted by Gasteiger charge is -2.36. The fourth-order valence-corrected chi connectivity index (χ4v) is 2.36. The number of hydrazine groups is 1. The standard InChI is InChI=1S/C12H12F7N3O2S/c1-7(20-10(2,11(14,15)16)12(17,18)19)21-22-25(23,24)9-5-3-4-8(13)6-9/h3-6,20-22H,1H2,2H3. The van der Waals surface area contributed by atoms with Gasteiger partial charge < -0.3 is 5.32 Å². The first kappa shape index (κ1) is 21.0. The molecule has 0 amide bonds. The molecular weight excluding hydrogens is 383 g/mol. The van der Waals surface area contributed by atoms with Crippen molar-refractivity contribution in [2.24, 2.45) is 0 Å². The molecule has 0 spiro atoms. The van der Waals surface area contributed by atoms with Gasteiger partial charge in [0.1, 0.15) is 11.6 Å². The molecule has 0 aromatic heterocycles. The van der Waals surface area contributed by atoms with E-state index in [9.17, 15) is 39.2 Å². The largest absolute Gasteiger partial charge is 0.420 e. The van der Waals surface area contributed by atoms with Crippen molar-refractivity contribution >= 4 is 10.0 Å². The molecule has 0 bridgehead atoms. The van der Waals surface area contributed by atoms with Gasteiger partial charge in [-0.1, -0.05) is 12.6 Å². The second kappa shape index (κ2) is 6.71. The molecule has 142 valence electrons. The van der Waals surface area contributed by atoms with Gasteiger partial charge in [-0.3, -0.25) is 5.43 Å². The first-order chi connectivity index (χ1) is 11.1. The van der Waals surface area contributed by atoms with Crippen LogP contribution in [0.2, 0.25) is 0 Å². The van der Waals surface area contributed by atoms with Gasteiger partial charge in [-0.05, 0) is 25.1 Å². The van der Waals surface area contributed by atoms with Gasteiger partial charge in [0.25, 0.3) is 10.0 Å². The van der Waals surface area contributed by atoms with E-state index < -0.39 is 44.4 Å². The molecule has 0 heterocycles. The zero-order chi connectivity index (χ0) is 19.7. The van der Waals surface area contributed by atoms with E-state index in [1.54, 1.807) is 5.43 Å². The SMILES string of the molecule is C=C(NNS(=O)(=O)c1cccc(F)c1)NC(C)(C(F)(F)F)C(F)(F)F. The number of hydrogen-bond donors (Lipinski definition) is 3. The molecular formula is C12H12F7N3O2S. The van der Waals surface area contributed by atoms with Crippen LogP contribution in [0.3, 0.4) is 0 Å². The fraction of sp³-hybridized carbons (Fsp3) is 0.333. The molecule has 25 heavy (non-hydrogen) atoms. The van der Waals surface area contributed by atoms with Crippen LogP contribution in [0.4, 0.5) is 30.7 Å². The summed E-state index contributed by atoms with van der Waals surface area (Å²) in [6, 6.07) is 3.53. The zero-order valence-electron chi connectivity index (χ0n) is 12.4. The number of nitrogens with one attached hydrogen (secondary N) is 3. The summed E-state index contributed by atoms with van der Waals surface area (Å²) < 4.78 is 113. The first-order valence-corrected chi connectivity index (χ1v) is 7.72. The molecule has 3 N–H and O–H groups in total. The van der Waals surface area contributed by atoms with Crippen molar-refractivity contribution in [1.29, 1.82) is 0 Å². The average molecular weight is 395 g/mol. The molecule has 0 saturated heterocycles. The normalized spacial score (nSPS) is 13.4. The fourth-order valence-electron chi connectivity index (χ4n) is 1.46. The van der Waals surface area contributed by atoms with Crippen molar-refractivity contribution in [3.63, 3.8) is 0 Å². The quantitative estimate of drug-likeness (QED) is 0.512. The van der Waals surface area contributed by atoms with Gasteiger partial charge in [0.15, 0.2) is 0 Å². The van der Waals surface area contributed by atoms with Crippen LogP contribution in [0.15, 0.2) is 41.6 Å². The van der Waals surface area contributed by atoms with Crippen molar-refractivity contribution < 1.29 is 39.2 Å². The summed E-state index contributed by atoms with van der Waals surface area (Å²) >= 11 is 0. The minimum Gasteiger partial charge on any atom is -0.350 e. The van der Waals surface area contributed by atoms with E-state index in [-0.39, 0.29) is 6.92 Å². The Hall–Kier alpha value is -2.02. The Bertz CT molecular complexity index is 730. The van der Waals surface area contributed by atoms with Crippen molar-refractivity contribution in [3.05, 3.63) is 42.5 Å². The van der Waals surface area contributed by atoms with Crippen molar-refractivity contribution in [2.75, 3.05) is 0 Å². The van der Waals surface area contributed by atoms with Crippen LogP contribution in [0, 0.1) is 5.82 Å². The highest BCUT2D eigenvalue weighted by molar-refractivity contribution is 7.89. The molecule has 0 radical (unpaired) electrons. The Labute approximate surface area is 137 Å². The zero-order valence-corrected chi connectivity index (χ0v) is 13.2. The van der Waals surface area contributed by atoms with Gasteiger partial charge in [-0.25, -0.2) is 12.8 Å².